The van der Waals surface area contributed by atoms with Crippen LogP contribution in [0.4, 0.5) is 0 Å². The van der Waals surface area contributed by atoms with E-state index in [1.54, 1.807) is 36.4 Å². The van der Waals surface area contributed by atoms with Gasteiger partial charge < -0.3 is 9.47 Å². The molecule has 0 unspecified atom stereocenters. The van der Waals surface area contributed by atoms with Gasteiger partial charge >= 0.3 is 5.97 Å². The molecule has 0 N–H and O–H groups in total. The number of halogens is 1. The molecule has 0 heterocycles. The molecule has 0 saturated heterocycles. The quantitative estimate of drug-likeness (QED) is 0.329. The van der Waals surface area contributed by atoms with E-state index >= 15 is 0 Å². The summed E-state index contributed by atoms with van der Waals surface area (Å²) in [6, 6.07) is 23.7. The van der Waals surface area contributed by atoms with Gasteiger partial charge in [0.15, 0.2) is 0 Å². The summed E-state index contributed by atoms with van der Waals surface area (Å²) >= 11 is 2.16. The average Bonchev–Trinajstić information content (AvgIpc) is 2.57. The van der Waals surface area contributed by atoms with Gasteiger partial charge in [0.05, 0.1) is 5.56 Å². The van der Waals surface area contributed by atoms with Crippen LogP contribution >= 0.6 is 22.6 Å². The Kier molecular flexibility index (Phi) is 4.92. The van der Waals surface area contributed by atoms with Gasteiger partial charge in [-0.2, -0.15) is 0 Å². The van der Waals surface area contributed by atoms with E-state index < -0.39 is 0 Å². The Bertz CT molecular complexity index is 798. The molecular formula is C19H13IO3. The monoisotopic (exact) mass is 416 g/mol. The molecule has 0 aliphatic rings. The van der Waals surface area contributed by atoms with Crippen molar-refractivity contribution in [2.75, 3.05) is 0 Å². The zero-order valence-corrected chi connectivity index (χ0v) is 14.3. The number of para-hydroxylation sites is 1. The highest BCUT2D eigenvalue weighted by Crippen LogP contribution is 2.24. The number of esters is 1. The Balaban J connectivity index is 1.67. The summed E-state index contributed by atoms with van der Waals surface area (Å²) in [5, 5.41) is 0. The summed E-state index contributed by atoms with van der Waals surface area (Å²) in [6.07, 6.45) is 0. The Hall–Kier alpha value is -2.34. The van der Waals surface area contributed by atoms with Crippen LogP contribution in [0.15, 0.2) is 78.9 Å². The van der Waals surface area contributed by atoms with Gasteiger partial charge in [0, 0.05) is 3.57 Å². The van der Waals surface area contributed by atoms with E-state index in [0.29, 0.717) is 17.1 Å². The molecule has 0 aliphatic carbocycles. The Labute approximate surface area is 148 Å². The second kappa shape index (κ2) is 7.28. The van der Waals surface area contributed by atoms with Crippen LogP contribution < -0.4 is 9.47 Å². The minimum absolute atomic E-state index is 0.375. The van der Waals surface area contributed by atoms with E-state index in [4.69, 9.17) is 9.47 Å². The van der Waals surface area contributed by atoms with Crippen molar-refractivity contribution in [2.45, 2.75) is 0 Å². The lowest BCUT2D eigenvalue weighted by Gasteiger charge is -2.07. The van der Waals surface area contributed by atoms with Crippen molar-refractivity contribution in [1.29, 1.82) is 0 Å². The Morgan fingerprint density at radius 3 is 2.09 bits per heavy atom. The lowest BCUT2D eigenvalue weighted by atomic mass is 10.2. The van der Waals surface area contributed by atoms with Gasteiger partial charge in [-0.15, -0.1) is 0 Å². The first-order valence-corrected chi connectivity index (χ1v) is 8.09. The largest absolute Gasteiger partial charge is 0.457 e. The van der Waals surface area contributed by atoms with Crippen LogP contribution in [-0.4, -0.2) is 5.97 Å². The van der Waals surface area contributed by atoms with E-state index in [1.807, 2.05) is 42.5 Å². The predicted octanol–water partition coefficient (Wildman–Crippen LogP) is 5.30. The highest BCUT2D eigenvalue weighted by Gasteiger charge is 2.09. The topological polar surface area (TPSA) is 35.5 Å². The summed E-state index contributed by atoms with van der Waals surface area (Å²) < 4.78 is 12.0. The number of carbonyl (C=O) groups excluding carboxylic acids is 1. The van der Waals surface area contributed by atoms with Crippen molar-refractivity contribution in [3.05, 3.63) is 88.0 Å². The molecule has 3 nitrogen and oxygen atoms in total. The second-order valence-corrected chi connectivity index (χ2v) is 6.03. The van der Waals surface area contributed by atoms with Crippen LogP contribution in [0.25, 0.3) is 0 Å². The fourth-order valence-corrected chi connectivity index (χ4v) is 2.52. The molecule has 23 heavy (non-hydrogen) atoms. The summed E-state index contributed by atoms with van der Waals surface area (Å²) in [4.78, 5) is 12.1. The van der Waals surface area contributed by atoms with Gasteiger partial charge in [-0.3, -0.25) is 0 Å². The first-order chi connectivity index (χ1) is 11.2. The lowest BCUT2D eigenvalue weighted by Crippen LogP contribution is -2.08. The molecule has 3 rings (SSSR count). The number of carbonyl (C=O) groups is 1. The molecule has 114 valence electrons. The van der Waals surface area contributed by atoms with Crippen LogP contribution in [-0.2, 0) is 0 Å². The minimum atomic E-state index is -0.375. The number of rotatable bonds is 4. The van der Waals surface area contributed by atoms with Crippen LogP contribution in [0.1, 0.15) is 10.4 Å². The van der Waals surface area contributed by atoms with Crippen molar-refractivity contribution < 1.29 is 14.3 Å². The third-order valence-corrected chi connectivity index (χ3v) is 3.74. The average molecular weight is 416 g/mol. The SMILES string of the molecule is O=C(Oc1ccc(Oc2ccccc2)cc1)c1cccc(I)c1. The van der Waals surface area contributed by atoms with Crippen molar-refractivity contribution in [1.82, 2.24) is 0 Å². The van der Waals surface area contributed by atoms with Gasteiger partial charge in [-0.25, -0.2) is 4.79 Å². The highest BCUT2D eigenvalue weighted by molar-refractivity contribution is 14.1. The number of hydrogen-bond acceptors (Lipinski definition) is 3. The molecule has 0 radical (unpaired) electrons. The maximum absolute atomic E-state index is 12.1. The Morgan fingerprint density at radius 2 is 1.39 bits per heavy atom. The van der Waals surface area contributed by atoms with Crippen LogP contribution in [0.5, 0.6) is 17.2 Å². The molecular weight excluding hydrogens is 403 g/mol. The van der Waals surface area contributed by atoms with Crippen molar-refractivity contribution in [2.24, 2.45) is 0 Å². The fourth-order valence-electron chi connectivity index (χ4n) is 1.98. The molecule has 0 aliphatic heterocycles. The first-order valence-electron chi connectivity index (χ1n) is 7.01. The molecule has 0 saturated carbocycles. The van der Waals surface area contributed by atoms with E-state index in [2.05, 4.69) is 22.6 Å². The zero-order valence-electron chi connectivity index (χ0n) is 12.1. The summed E-state index contributed by atoms with van der Waals surface area (Å²) in [7, 11) is 0. The summed E-state index contributed by atoms with van der Waals surface area (Å²) in [5.41, 5.74) is 0.529. The Morgan fingerprint density at radius 1 is 0.739 bits per heavy atom. The van der Waals surface area contributed by atoms with Gasteiger partial charge in [0.25, 0.3) is 0 Å². The van der Waals surface area contributed by atoms with Crippen LogP contribution in [0.3, 0.4) is 0 Å². The highest BCUT2D eigenvalue weighted by atomic mass is 127. The standard InChI is InChI=1S/C19H13IO3/c20-15-6-4-5-14(13-15)19(21)23-18-11-9-17(10-12-18)22-16-7-2-1-3-8-16/h1-13H. The summed E-state index contributed by atoms with van der Waals surface area (Å²) in [6.45, 7) is 0. The zero-order chi connectivity index (χ0) is 16.1. The molecule has 3 aromatic carbocycles. The third kappa shape index (κ3) is 4.32. The van der Waals surface area contributed by atoms with Crippen molar-refractivity contribution in [3.63, 3.8) is 0 Å². The van der Waals surface area contributed by atoms with Gasteiger partial charge in [0.1, 0.15) is 17.2 Å². The van der Waals surface area contributed by atoms with Crippen molar-refractivity contribution >= 4 is 28.6 Å². The van der Waals surface area contributed by atoms with Crippen LogP contribution in [0, 0.1) is 3.57 Å². The molecule has 0 spiro atoms. The van der Waals surface area contributed by atoms with Gasteiger partial charge in [0.2, 0.25) is 0 Å². The van der Waals surface area contributed by atoms with E-state index in [-0.39, 0.29) is 5.97 Å². The van der Waals surface area contributed by atoms with Crippen LogP contribution in [0.2, 0.25) is 0 Å². The minimum Gasteiger partial charge on any atom is -0.457 e. The molecule has 0 atom stereocenters. The third-order valence-electron chi connectivity index (χ3n) is 3.07. The normalized spacial score (nSPS) is 10.1. The number of ether oxygens (including phenoxy) is 2. The molecule has 0 aromatic heterocycles. The molecule has 0 bridgehead atoms. The van der Waals surface area contributed by atoms with E-state index in [1.165, 1.54) is 0 Å². The van der Waals surface area contributed by atoms with Crippen molar-refractivity contribution in [3.8, 4) is 17.2 Å². The second-order valence-electron chi connectivity index (χ2n) is 4.79. The van der Waals surface area contributed by atoms with E-state index in [0.717, 1.165) is 9.32 Å². The van der Waals surface area contributed by atoms with Gasteiger partial charge in [-0.05, 0) is 77.2 Å². The molecule has 0 fully saturated rings. The number of benzene rings is 3. The molecule has 0 amide bonds. The number of hydrogen-bond donors (Lipinski definition) is 0. The molecule has 4 heteroatoms. The van der Waals surface area contributed by atoms with Gasteiger partial charge in [-0.1, -0.05) is 24.3 Å². The smallest absolute Gasteiger partial charge is 0.343 e. The summed E-state index contributed by atoms with van der Waals surface area (Å²) in [5.74, 6) is 1.55. The lowest BCUT2D eigenvalue weighted by molar-refractivity contribution is 0.0734. The predicted molar refractivity (Wildman–Crippen MR) is 97.1 cm³/mol. The molecule has 3 aromatic rings. The van der Waals surface area contributed by atoms with E-state index in [9.17, 15) is 4.79 Å². The first kappa shape index (κ1) is 15.6. The fraction of sp³-hybridized carbons (Fsp3) is 0. The maximum atomic E-state index is 12.1. The maximum Gasteiger partial charge on any atom is 0.343 e.